The SMILES string of the molecule is NS(=O)(=O)c1ccccc1-n1nc(C(F)(F)F)cc1-c1c(Cl)cc(Cl)c(Cl)c1Cl. The molecule has 0 aliphatic rings. The maximum Gasteiger partial charge on any atom is 0.435 e. The molecule has 0 amide bonds. The molecule has 0 saturated heterocycles. The van der Waals surface area contributed by atoms with Crippen LogP contribution in [0.2, 0.25) is 20.1 Å². The Bertz CT molecular complexity index is 1230. The molecule has 0 saturated carbocycles. The zero-order valence-corrected chi connectivity index (χ0v) is 17.6. The van der Waals surface area contributed by atoms with Gasteiger partial charge in [-0.2, -0.15) is 18.3 Å². The maximum absolute atomic E-state index is 13.4. The van der Waals surface area contributed by atoms with Gasteiger partial charge in [0.05, 0.1) is 31.5 Å². The second-order valence-corrected chi connectivity index (χ2v) is 8.78. The highest BCUT2D eigenvalue weighted by Crippen LogP contribution is 2.45. The van der Waals surface area contributed by atoms with E-state index in [1.807, 2.05) is 0 Å². The molecule has 0 spiro atoms. The van der Waals surface area contributed by atoms with Gasteiger partial charge in [-0.05, 0) is 24.3 Å². The van der Waals surface area contributed by atoms with Crippen LogP contribution in [0.1, 0.15) is 5.69 Å². The summed E-state index contributed by atoms with van der Waals surface area (Å²) in [4.78, 5) is -0.453. The Hall–Kier alpha value is -1.49. The first-order valence-corrected chi connectivity index (χ1v) is 10.5. The summed E-state index contributed by atoms with van der Waals surface area (Å²) >= 11 is 24.3. The summed E-state index contributed by atoms with van der Waals surface area (Å²) in [6.07, 6.45) is -4.84. The number of hydrogen-bond acceptors (Lipinski definition) is 3. The molecule has 1 aromatic heterocycles. The van der Waals surface area contributed by atoms with Crippen LogP contribution < -0.4 is 5.14 Å². The molecule has 0 atom stereocenters. The standard InChI is InChI=1S/C16H8Cl4F3N3O2S/c17-7-5-8(18)14(19)15(20)13(7)10-6-12(16(21,22)23)25-26(10)9-3-1-2-4-11(9)29(24,27)28/h1-6H,(H2,24,27,28). The summed E-state index contributed by atoms with van der Waals surface area (Å²) in [6.45, 7) is 0. The van der Waals surface area contributed by atoms with E-state index in [2.05, 4.69) is 5.10 Å². The van der Waals surface area contributed by atoms with Crippen LogP contribution in [0.25, 0.3) is 16.9 Å². The molecule has 0 fully saturated rings. The van der Waals surface area contributed by atoms with Gasteiger partial charge in [-0.15, -0.1) is 0 Å². The van der Waals surface area contributed by atoms with Crippen molar-refractivity contribution < 1.29 is 21.6 Å². The first-order valence-electron chi connectivity index (χ1n) is 7.45. The van der Waals surface area contributed by atoms with Crippen LogP contribution >= 0.6 is 46.4 Å². The highest BCUT2D eigenvalue weighted by molar-refractivity contribution is 7.89. The topological polar surface area (TPSA) is 78.0 Å². The molecule has 3 rings (SSSR count). The zero-order chi connectivity index (χ0) is 21.7. The minimum Gasteiger partial charge on any atom is -0.231 e. The molecule has 0 bridgehead atoms. The number of aromatic nitrogens is 2. The Morgan fingerprint density at radius 2 is 1.59 bits per heavy atom. The van der Waals surface area contributed by atoms with Gasteiger partial charge in [0, 0.05) is 5.56 Å². The van der Waals surface area contributed by atoms with Gasteiger partial charge in [-0.3, -0.25) is 0 Å². The summed E-state index contributed by atoms with van der Waals surface area (Å²) in [5, 5.41) is 8.20. The molecule has 2 N–H and O–H groups in total. The molecule has 154 valence electrons. The van der Waals surface area contributed by atoms with E-state index in [-0.39, 0.29) is 37.0 Å². The number of nitrogens with zero attached hydrogens (tertiary/aromatic N) is 2. The largest absolute Gasteiger partial charge is 0.435 e. The monoisotopic (exact) mass is 503 g/mol. The van der Waals surface area contributed by atoms with Gasteiger partial charge >= 0.3 is 6.18 Å². The lowest BCUT2D eigenvalue weighted by Crippen LogP contribution is -2.16. The molecule has 3 aromatic rings. The number of hydrogen-bond donors (Lipinski definition) is 1. The van der Waals surface area contributed by atoms with Crippen molar-refractivity contribution in [3.63, 3.8) is 0 Å². The van der Waals surface area contributed by atoms with E-state index in [9.17, 15) is 21.6 Å². The van der Waals surface area contributed by atoms with Crippen LogP contribution in [-0.2, 0) is 16.2 Å². The van der Waals surface area contributed by atoms with Crippen molar-refractivity contribution in [1.29, 1.82) is 0 Å². The van der Waals surface area contributed by atoms with Gasteiger partial charge < -0.3 is 0 Å². The molecule has 0 aliphatic heterocycles. The average molecular weight is 505 g/mol. The number of para-hydroxylation sites is 1. The highest BCUT2D eigenvalue weighted by Gasteiger charge is 2.36. The fourth-order valence-corrected chi connectivity index (χ4v) is 4.38. The second-order valence-electron chi connectivity index (χ2n) is 5.68. The number of halogens is 7. The van der Waals surface area contributed by atoms with Crippen molar-refractivity contribution in [1.82, 2.24) is 9.78 Å². The molecule has 13 heteroatoms. The summed E-state index contributed by atoms with van der Waals surface area (Å²) in [7, 11) is -4.30. The van der Waals surface area contributed by atoms with Crippen molar-refractivity contribution in [3.05, 3.63) is 62.2 Å². The van der Waals surface area contributed by atoms with Crippen molar-refractivity contribution >= 4 is 56.4 Å². The number of nitrogens with two attached hydrogens (primary N) is 1. The fraction of sp³-hybridized carbons (Fsp3) is 0.0625. The Balaban J connectivity index is 2.44. The zero-order valence-electron chi connectivity index (χ0n) is 13.8. The molecular formula is C16H8Cl4F3N3O2S. The summed E-state index contributed by atoms with van der Waals surface area (Å²) in [5.41, 5.74) is -1.93. The van der Waals surface area contributed by atoms with Crippen molar-refractivity contribution in [2.24, 2.45) is 5.14 Å². The van der Waals surface area contributed by atoms with Gasteiger partial charge in [0.25, 0.3) is 0 Å². The van der Waals surface area contributed by atoms with Gasteiger partial charge in [-0.25, -0.2) is 18.2 Å². The predicted octanol–water partition coefficient (Wildman–Crippen LogP) is 5.82. The molecule has 1 heterocycles. The van der Waals surface area contributed by atoms with E-state index in [4.69, 9.17) is 51.5 Å². The minimum absolute atomic E-state index is 0.0162. The highest BCUT2D eigenvalue weighted by atomic mass is 35.5. The van der Waals surface area contributed by atoms with Gasteiger partial charge in [0.2, 0.25) is 10.0 Å². The Morgan fingerprint density at radius 3 is 2.17 bits per heavy atom. The molecule has 0 aliphatic carbocycles. The lowest BCUT2D eigenvalue weighted by molar-refractivity contribution is -0.141. The van der Waals surface area contributed by atoms with E-state index in [1.165, 1.54) is 24.3 Å². The number of alkyl halides is 3. The van der Waals surface area contributed by atoms with E-state index >= 15 is 0 Å². The molecule has 0 radical (unpaired) electrons. The first-order chi connectivity index (χ1) is 13.3. The number of rotatable bonds is 3. The summed E-state index contributed by atoms with van der Waals surface area (Å²) < 4.78 is 64.7. The van der Waals surface area contributed by atoms with Crippen molar-refractivity contribution in [3.8, 4) is 16.9 Å². The quantitative estimate of drug-likeness (QED) is 0.360. The van der Waals surface area contributed by atoms with Gasteiger partial charge in [0.1, 0.15) is 4.90 Å². The van der Waals surface area contributed by atoms with Crippen molar-refractivity contribution in [2.45, 2.75) is 11.1 Å². The molecular weight excluding hydrogens is 497 g/mol. The van der Waals surface area contributed by atoms with Crippen molar-refractivity contribution in [2.75, 3.05) is 0 Å². The van der Waals surface area contributed by atoms with Crippen LogP contribution in [0.3, 0.4) is 0 Å². The molecule has 2 aromatic carbocycles. The smallest absolute Gasteiger partial charge is 0.231 e. The third-order valence-corrected chi connectivity index (χ3v) is 6.29. The number of benzene rings is 2. The normalized spacial score (nSPS) is 12.4. The van der Waals surface area contributed by atoms with Crippen LogP contribution in [0.4, 0.5) is 13.2 Å². The van der Waals surface area contributed by atoms with Gasteiger partial charge in [-0.1, -0.05) is 58.5 Å². The number of primary sulfonamides is 1. The van der Waals surface area contributed by atoms with E-state index in [1.54, 1.807) is 0 Å². The second kappa shape index (κ2) is 7.64. The van der Waals surface area contributed by atoms with Crippen LogP contribution in [0.15, 0.2) is 41.3 Å². The van der Waals surface area contributed by atoms with Gasteiger partial charge in [0.15, 0.2) is 5.69 Å². The molecule has 5 nitrogen and oxygen atoms in total. The third kappa shape index (κ3) is 4.21. The van der Waals surface area contributed by atoms with Crippen LogP contribution in [-0.4, -0.2) is 18.2 Å². The Kier molecular flexibility index (Phi) is 5.85. The fourth-order valence-electron chi connectivity index (χ4n) is 2.56. The lowest BCUT2D eigenvalue weighted by atomic mass is 10.1. The predicted molar refractivity (Wildman–Crippen MR) is 105 cm³/mol. The Labute approximate surface area is 182 Å². The first kappa shape index (κ1) is 22.2. The van der Waals surface area contributed by atoms with E-state index < -0.39 is 26.8 Å². The average Bonchev–Trinajstić information content (AvgIpc) is 3.04. The Morgan fingerprint density at radius 1 is 0.966 bits per heavy atom. The van der Waals surface area contributed by atoms with Crippen LogP contribution in [0, 0.1) is 0 Å². The van der Waals surface area contributed by atoms with E-state index in [0.29, 0.717) is 6.07 Å². The van der Waals surface area contributed by atoms with E-state index in [0.717, 1.165) is 10.7 Å². The van der Waals surface area contributed by atoms with Crippen LogP contribution in [0.5, 0.6) is 0 Å². The minimum atomic E-state index is -4.84. The lowest BCUT2D eigenvalue weighted by Gasteiger charge is -2.14. The molecule has 0 unspecified atom stereocenters. The number of sulfonamides is 1. The summed E-state index contributed by atoms with van der Waals surface area (Å²) in [5.74, 6) is 0. The maximum atomic E-state index is 13.4. The molecule has 29 heavy (non-hydrogen) atoms. The summed E-state index contributed by atoms with van der Waals surface area (Å²) in [6, 6.07) is 6.98. The third-order valence-electron chi connectivity index (χ3n) is 3.77.